The number of ether oxygens (including phenoxy) is 1. The Morgan fingerprint density at radius 2 is 2.47 bits per heavy atom. The summed E-state index contributed by atoms with van der Waals surface area (Å²) >= 11 is 0. The molecule has 0 bridgehead atoms. The molecule has 1 saturated heterocycles. The fourth-order valence-corrected chi connectivity index (χ4v) is 1.63. The van der Waals surface area contributed by atoms with Crippen molar-refractivity contribution in [3.8, 4) is 0 Å². The van der Waals surface area contributed by atoms with E-state index in [-0.39, 0.29) is 6.10 Å². The van der Waals surface area contributed by atoms with Gasteiger partial charge in [0.05, 0.1) is 6.10 Å². The van der Waals surface area contributed by atoms with E-state index in [1.165, 1.54) is 12.8 Å². The first-order chi connectivity index (χ1) is 7.34. The van der Waals surface area contributed by atoms with Crippen LogP contribution in [0, 0.1) is 0 Å². The van der Waals surface area contributed by atoms with Gasteiger partial charge in [0.25, 0.3) is 0 Å². The quantitative estimate of drug-likeness (QED) is 0.776. The van der Waals surface area contributed by atoms with Gasteiger partial charge < -0.3 is 15.8 Å². The normalized spacial score (nSPS) is 21.2. The molecule has 5 heteroatoms. The van der Waals surface area contributed by atoms with Crippen molar-refractivity contribution in [2.75, 3.05) is 24.2 Å². The van der Waals surface area contributed by atoms with Crippen LogP contribution >= 0.6 is 0 Å². The molecule has 1 unspecified atom stereocenters. The van der Waals surface area contributed by atoms with Crippen molar-refractivity contribution in [1.29, 1.82) is 0 Å². The number of anilines is 2. The molecule has 2 rings (SSSR count). The van der Waals surface area contributed by atoms with Crippen LogP contribution in [0.2, 0.25) is 0 Å². The topological polar surface area (TPSA) is 73.1 Å². The van der Waals surface area contributed by atoms with Gasteiger partial charge in [0.1, 0.15) is 5.82 Å². The molecule has 2 heterocycles. The maximum atomic E-state index is 5.58. The second kappa shape index (κ2) is 4.93. The predicted octanol–water partition coefficient (Wildman–Crippen LogP) is 1.04. The van der Waals surface area contributed by atoms with E-state index in [9.17, 15) is 0 Å². The van der Waals surface area contributed by atoms with E-state index in [4.69, 9.17) is 10.5 Å². The van der Waals surface area contributed by atoms with Gasteiger partial charge in [-0.15, -0.1) is 0 Å². The Morgan fingerprint density at radius 1 is 1.53 bits per heavy atom. The van der Waals surface area contributed by atoms with Crippen molar-refractivity contribution in [3.05, 3.63) is 12.3 Å². The maximum absolute atomic E-state index is 5.58. The highest BCUT2D eigenvalue weighted by atomic mass is 16.5. The van der Waals surface area contributed by atoms with Crippen LogP contribution in [0.5, 0.6) is 0 Å². The highest BCUT2D eigenvalue weighted by Crippen LogP contribution is 2.13. The van der Waals surface area contributed by atoms with Crippen LogP contribution in [0.25, 0.3) is 0 Å². The average Bonchev–Trinajstić information content (AvgIpc) is 2.28. The monoisotopic (exact) mass is 208 g/mol. The molecule has 1 atom stereocenters. The Kier molecular flexibility index (Phi) is 3.34. The molecule has 1 aromatic heterocycles. The van der Waals surface area contributed by atoms with Crippen LogP contribution in [0.15, 0.2) is 12.3 Å². The summed E-state index contributed by atoms with van der Waals surface area (Å²) in [6.07, 6.45) is 5.45. The first kappa shape index (κ1) is 10.2. The third-order valence-electron chi connectivity index (χ3n) is 2.44. The molecule has 3 N–H and O–H groups in total. The van der Waals surface area contributed by atoms with Crippen LogP contribution in [-0.4, -0.2) is 29.2 Å². The molecule has 82 valence electrons. The smallest absolute Gasteiger partial charge is 0.224 e. The molecule has 15 heavy (non-hydrogen) atoms. The van der Waals surface area contributed by atoms with E-state index in [0.29, 0.717) is 11.8 Å². The molecule has 0 aliphatic carbocycles. The van der Waals surface area contributed by atoms with Crippen molar-refractivity contribution in [1.82, 2.24) is 9.97 Å². The maximum Gasteiger partial charge on any atom is 0.224 e. The number of aromatic nitrogens is 2. The van der Waals surface area contributed by atoms with Gasteiger partial charge in [-0.3, -0.25) is 0 Å². The van der Waals surface area contributed by atoms with Gasteiger partial charge in [-0.05, 0) is 25.3 Å². The van der Waals surface area contributed by atoms with E-state index >= 15 is 0 Å². The van der Waals surface area contributed by atoms with Crippen molar-refractivity contribution in [3.63, 3.8) is 0 Å². The van der Waals surface area contributed by atoms with Gasteiger partial charge >= 0.3 is 0 Å². The van der Waals surface area contributed by atoms with Crippen molar-refractivity contribution in [2.24, 2.45) is 0 Å². The van der Waals surface area contributed by atoms with Gasteiger partial charge in [-0.1, -0.05) is 0 Å². The Balaban J connectivity index is 1.81. The zero-order valence-electron chi connectivity index (χ0n) is 8.65. The zero-order chi connectivity index (χ0) is 10.5. The van der Waals surface area contributed by atoms with Gasteiger partial charge in [-0.25, -0.2) is 4.98 Å². The summed E-state index contributed by atoms with van der Waals surface area (Å²) in [7, 11) is 0. The lowest BCUT2D eigenvalue weighted by atomic mass is 10.1. The van der Waals surface area contributed by atoms with E-state index in [2.05, 4.69) is 15.3 Å². The summed E-state index contributed by atoms with van der Waals surface area (Å²) < 4.78 is 5.58. The van der Waals surface area contributed by atoms with Crippen LogP contribution in [-0.2, 0) is 4.74 Å². The third kappa shape index (κ3) is 3.06. The van der Waals surface area contributed by atoms with Gasteiger partial charge in [-0.2, -0.15) is 4.98 Å². The van der Waals surface area contributed by atoms with Gasteiger partial charge in [0, 0.05) is 19.3 Å². The summed E-state index contributed by atoms with van der Waals surface area (Å²) in [4.78, 5) is 8.12. The molecule has 0 aromatic carbocycles. The SMILES string of the molecule is Nc1ccnc(NCC2CCCCO2)n1. The van der Waals surface area contributed by atoms with Crippen molar-refractivity contribution in [2.45, 2.75) is 25.4 Å². The molecule has 0 saturated carbocycles. The average molecular weight is 208 g/mol. The summed E-state index contributed by atoms with van der Waals surface area (Å²) in [6.45, 7) is 1.62. The third-order valence-corrected chi connectivity index (χ3v) is 2.44. The molecule has 1 aromatic rings. The number of hydrogen-bond acceptors (Lipinski definition) is 5. The van der Waals surface area contributed by atoms with Crippen LogP contribution in [0.4, 0.5) is 11.8 Å². The lowest BCUT2D eigenvalue weighted by molar-refractivity contribution is 0.0247. The number of nitrogens with zero attached hydrogens (tertiary/aromatic N) is 2. The minimum atomic E-state index is 0.281. The zero-order valence-corrected chi connectivity index (χ0v) is 8.65. The van der Waals surface area contributed by atoms with Crippen molar-refractivity contribution < 1.29 is 4.74 Å². The number of nitrogens with two attached hydrogens (primary N) is 1. The second-order valence-corrected chi connectivity index (χ2v) is 3.67. The van der Waals surface area contributed by atoms with E-state index < -0.39 is 0 Å². The fourth-order valence-electron chi connectivity index (χ4n) is 1.63. The highest BCUT2D eigenvalue weighted by molar-refractivity contribution is 5.34. The van der Waals surface area contributed by atoms with E-state index in [1.807, 2.05) is 0 Å². The van der Waals surface area contributed by atoms with E-state index in [1.54, 1.807) is 12.3 Å². The molecular weight excluding hydrogens is 192 g/mol. The Labute approximate surface area is 89.1 Å². The first-order valence-electron chi connectivity index (χ1n) is 5.28. The highest BCUT2D eigenvalue weighted by Gasteiger charge is 2.13. The molecule has 5 nitrogen and oxygen atoms in total. The molecule has 0 amide bonds. The second-order valence-electron chi connectivity index (χ2n) is 3.67. The summed E-state index contributed by atoms with van der Waals surface area (Å²) in [5.74, 6) is 1.06. The standard InChI is InChI=1S/C10H16N4O/c11-9-4-5-12-10(14-9)13-7-8-3-1-2-6-15-8/h4-5,8H,1-3,6-7H2,(H3,11,12,13,14). The Morgan fingerprint density at radius 3 is 3.20 bits per heavy atom. The van der Waals surface area contributed by atoms with Crippen LogP contribution < -0.4 is 11.1 Å². The Bertz CT molecular complexity index is 312. The molecule has 0 spiro atoms. The fraction of sp³-hybridized carbons (Fsp3) is 0.600. The largest absolute Gasteiger partial charge is 0.384 e. The number of nitrogen functional groups attached to an aromatic ring is 1. The molecule has 1 aliphatic rings. The van der Waals surface area contributed by atoms with Gasteiger partial charge in [0.15, 0.2) is 0 Å². The van der Waals surface area contributed by atoms with Crippen molar-refractivity contribution >= 4 is 11.8 Å². The molecule has 0 radical (unpaired) electrons. The number of rotatable bonds is 3. The lowest BCUT2D eigenvalue weighted by Crippen LogP contribution is -2.27. The lowest BCUT2D eigenvalue weighted by Gasteiger charge is -2.22. The summed E-state index contributed by atoms with van der Waals surface area (Å²) in [6, 6.07) is 1.67. The minimum Gasteiger partial charge on any atom is -0.384 e. The van der Waals surface area contributed by atoms with Gasteiger partial charge in [0.2, 0.25) is 5.95 Å². The Hall–Kier alpha value is -1.36. The van der Waals surface area contributed by atoms with Crippen LogP contribution in [0.1, 0.15) is 19.3 Å². The number of hydrogen-bond donors (Lipinski definition) is 2. The molecule has 1 aliphatic heterocycles. The molecular formula is C10H16N4O. The first-order valence-corrected chi connectivity index (χ1v) is 5.28. The van der Waals surface area contributed by atoms with E-state index in [0.717, 1.165) is 19.6 Å². The summed E-state index contributed by atoms with van der Waals surface area (Å²) in [5.41, 5.74) is 5.54. The number of nitrogens with one attached hydrogen (secondary N) is 1. The minimum absolute atomic E-state index is 0.281. The van der Waals surface area contributed by atoms with Crippen LogP contribution in [0.3, 0.4) is 0 Å². The predicted molar refractivity (Wildman–Crippen MR) is 58.5 cm³/mol. The summed E-state index contributed by atoms with van der Waals surface area (Å²) in [5, 5.41) is 3.13. The molecule has 1 fully saturated rings.